The highest BCUT2D eigenvalue weighted by atomic mass is 35.5. The Balaban J connectivity index is 2.42. The lowest BCUT2D eigenvalue weighted by Gasteiger charge is -2.19. The van der Waals surface area contributed by atoms with Crippen molar-refractivity contribution in [1.29, 1.82) is 0 Å². The molecule has 5 heteroatoms. The van der Waals surface area contributed by atoms with Gasteiger partial charge in [-0.25, -0.2) is 0 Å². The molecule has 0 radical (unpaired) electrons. The van der Waals surface area contributed by atoms with Crippen LogP contribution in [0.3, 0.4) is 0 Å². The van der Waals surface area contributed by atoms with E-state index in [4.69, 9.17) is 21.1 Å². The molecule has 0 bridgehead atoms. The normalized spacial score (nSPS) is 34.6. The molecule has 0 aliphatic carbocycles. The zero-order valence-corrected chi connectivity index (χ0v) is 11.7. The summed E-state index contributed by atoms with van der Waals surface area (Å²) in [6.45, 7) is 6.86. The maximum atomic E-state index is 12.0. The molecule has 0 aromatic carbocycles. The Morgan fingerprint density at radius 3 is 2.53 bits per heavy atom. The summed E-state index contributed by atoms with van der Waals surface area (Å²) in [7, 11) is 1.59. The standard InChI is InChI=1S/C12H22ClNO3/c1-7-8(2)17-9(3)11(7)12(15)14-5-10(13)6-16-4/h7-11H,5-6H2,1-4H3,(H,14,15). The van der Waals surface area contributed by atoms with Gasteiger partial charge in [0.1, 0.15) is 0 Å². The highest BCUT2D eigenvalue weighted by molar-refractivity contribution is 6.21. The Morgan fingerprint density at radius 2 is 2.06 bits per heavy atom. The van der Waals surface area contributed by atoms with E-state index in [0.29, 0.717) is 13.2 Å². The van der Waals surface area contributed by atoms with E-state index in [1.54, 1.807) is 7.11 Å². The van der Waals surface area contributed by atoms with Gasteiger partial charge in [0.05, 0.1) is 30.1 Å². The van der Waals surface area contributed by atoms with Crippen LogP contribution in [0.25, 0.3) is 0 Å². The van der Waals surface area contributed by atoms with Gasteiger partial charge in [0.15, 0.2) is 0 Å². The fourth-order valence-corrected chi connectivity index (χ4v) is 2.49. The van der Waals surface area contributed by atoms with Gasteiger partial charge in [-0.05, 0) is 19.8 Å². The molecule has 1 aliphatic rings. The maximum Gasteiger partial charge on any atom is 0.226 e. The molecule has 0 saturated carbocycles. The predicted octanol–water partition coefficient (Wildman–Crippen LogP) is 1.42. The van der Waals surface area contributed by atoms with Crippen molar-refractivity contribution in [2.45, 2.75) is 38.4 Å². The Labute approximate surface area is 108 Å². The number of alkyl halides is 1. The summed E-state index contributed by atoms with van der Waals surface area (Å²) < 4.78 is 10.6. The van der Waals surface area contributed by atoms with E-state index in [1.807, 2.05) is 20.8 Å². The third-order valence-electron chi connectivity index (χ3n) is 3.39. The fourth-order valence-electron chi connectivity index (χ4n) is 2.29. The second-order valence-corrected chi connectivity index (χ2v) is 5.35. The first-order valence-corrected chi connectivity index (χ1v) is 6.47. The molecule has 1 aliphatic heterocycles. The van der Waals surface area contributed by atoms with Crippen molar-refractivity contribution in [3.8, 4) is 0 Å². The van der Waals surface area contributed by atoms with Gasteiger partial charge in [-0.3, -0.25) is 4.79 Å². The number of hydrogen-bond donors (Lipinski definition) is 1. The van der Waals surface area contributed by atoms with Gasteiger partial charge in [0.2, 0.25) is 5.91 Å². The second kappa shape index (κ2) is 6.57. The molecule has 1 rings (SSSR count). The molecule has 4 nitrogen and oxygen atoms in total. The topological polar surface area (TPSA) is 47.6 Å². The minimum Gasteiger partial charge on any atom is -0.383 e. The van der Waals surface area contributed by atoms with Crippen LogP contribution in [0.2, 0.25) is 0 Å². The molecule has 17 heavy (non-hydrogen) atoms. The lowest BCUT2D eigenvalue weighted by molar-refractivity contribution is -0.127. The van der Waals surface area contributed by atoms with Gasteiger partial charge in [0.25, 0.3) is 0 Å². The van der Waals surface area contributed by atoms with Gasteiger partial charge in [-0.2, -0.15) is 0 Å². The van der Waals surface area contributed by atoms with Crippen molar-refractivity contribution in [3.63, 3.8) is 0 Å². The average molecular weight is 264 g/mol. The Hall–Kier alpha value is -0.320. The number of amides is 1. The SMILES string of the molecule is COCC(Cl)CNC(=O)C1C(C)OC(C)C1C. The molecule has 1 N–H and O–H groups in total. The van der Waals surface area contributed by atoms with Crippen molar-refractivity contribution < 1.29 is 14.3 Å². The zero-order chi connectivity index (χ0) is 13.0. The lowest BCUT2D eigenvalue weighted by Crippen LogP contribution is -2.40. The lowest BCUT2D eigenvalue weighted by atomic mass is 9.89. The van der Waals surface area contributed by atoms with Crippen LogP contribution in [0.5, 0.6) is 0 Å². The van der Waals surface area contributed by atoms with E-state index in [-0.39, 0.29) is 35.3 Å². The smallest absolute Gasteiger partial charge is 0.226 e. The molecule has 1 saturated heterocycles. The summed E-state index contributed by atoms with van der Waals surface area (Å²) in [5.74, 6) is 0.175. The highest BCUT2D eigenvalue weighted by Crippen LogP contribution is 2.32. The Bertz CT molecular complexity index is 262. The maximum absolute atomic E-state index is 12.0. The van der Waals surface area contributed by atoms with Crippen molar-refractivity contribution in [3.05, 3.63) is 0 Å². The molecule has 1 amide bonds. The molecule has 0 aromatic rings. The van der Waals surface area contributed by atoms with Crippen LogP contribution in [0.1, 0.15) is 20.8 Å². The highest BCUT2D eigenvalue weighted by Gasteiger charge is 2.41. The quantitative estimate of drug-likeness (QED) is 0.763. The van der Waals surface area contributed by atoms with Gasteiger partial charge in [-0.15, -0.1) is 11.6 Å². The van der Waals surface area contributed by atoms with Crippen LogP contribution in [-0.2, 0) is 14.3 Å². The number of methoxy groups -OCH3 is 1. The second-order valence-electron chi connectivity index (χ2n) is 4.73. The van der Waals surface area contributed by atoms with Crippen molar-refractivity contribution in [1.82, 2.24) is 5.32 Å². The van der Waals surface area contributed by atoms with Crippen LogP contribution in [0, 0.1) is 11.8 Å². The average Bonchev–Trinajstić information content (AvgIpc) is 2.50. The van der Waals surface area contributed by atoms with Crippen molar-refractivity contribution in [2.75, 3.05) is 20.3 Å². The summed E-state index contributed by atoms with van der Waals surface area (Å²) in [6.07, 6.45) is 0.0997. The van der Waals surface area contributed by atoms with Gasteiger partial charge in [0, 0.05) is 13.7 Å². The monoisotopic (exact) mass is 263 g/mol. The molecule has 5 atom stereocenters. The molecule has 100 valence electrons. The molecule has 1 heterocycles. The minimum atomic E-state index is -0.186. The van der Waals surface area contributed by atoms with Crippen molar-refractivity contribution >= 4 is 17.5 Å². The van der Waals surface area contributed by atoms with Gasteiger partial charge < -0.3 is 14.8 Å². The Morgan fingerprint density at radius 1 is 1.41 bits per heavy atom. The van der Waals surface area contributed by atoms with E-state index in [1.165, 1.54) is 0 Å². The minimum absolute atomic E-state index is 0.0242. The number of ether oxygens (including phenoxy) is 2. The van der Waals surface area contributed by atoms with Crippen molar-refractivity contribution in [2.24, 2.45) is 11.8 Å². The molecule has 1 fully saturated rings. The Kier molecular flexibility index (Phi) is 5.70. The van der Waals surface area contributed by atoms with Crippen LogP contribution in [0.4, 0.5) is 0 Å². The van der Waals surface area contributed by atoms with Crippen LogP contribution in [0.15, 0.2) is 0 Å². The van der Waals surface area contributed by atoms with E-state index >= 15 is 0 Å². The van der Waals surface area contributed by atoms with Crippen LogP contribution < -0.4 is 5.32 Å². The molecular weight excluding hydrogens is 242 g/mol. The summed E-state index contributed by atoms with van der Waals surface area (Å²) >= 11 is 5.96. The summed E-state index contributed by atoms with van der Waals surface area (Å²) in [6, 6.07) is 0. The number of carbonyl (C=O) groups is 1. The molecule has 0 aromatic heterocycles. The largest absolute Gasteiger partial charge is 0.383 e. The fraction of sp³-hybridized carbons (Fsp3) is 0.917. The zero-order valence-electron chi connectivity index (χ0n) is 10.9. The van der Waals surface area contributed by atoms with E-state index in [0.717, 1.165) is 0 Å². The first-order chi connectivity index (χ1) is 7.97. The third-order valence-corrected chi connectivity index (χ3v) is 3.67. The predicted molar refractivity (Wildman–Crippen MR) is 67.2 cm³/mol. The van der Waals surface area contributed by atoms with Gasteiger partial charge >= 0.3 is 0 Å². The number of hydrogen-bond acceptors (Lipinski definition) is 3. The van der Waals surface area contributed by atoms with Crippen LogP contribution in [-0.4, -0.2) is 43.8 Å². The van der Waals surface area contributed by atoms with E-state index in [2.05, 4.69) is 5.32 Å². The molecule has 0 spiro atoms. The van der Waals surface area contributed by atoms with Crippen LogP contribution >= 0.6 is 11.6 Å². The number of halogens is 1. The number of nitrogens with one attached hydrogen (secondary N) is 1. The first-order valence-electron chi connectivity index (χ1n) is 6.03. The molecule has 5 unspecified atom stereocenters. The summed E-state index contributed by atoms with van der Waals surface area (Å²) in [5.41, 5.74) is 0. The number of carbonyl (C=O) groups excluding carboxylic acids is 1. The third kappa shape index (κ3) is 3.83. The van der Waals surface area contributed by atoms with E-state index in [9.17, 15) is 4.79 Å². The molecular formula is C12H22ClNO3. The summed E-state index contributed by atoms with van der Waals surface area (Å²) in [5, 5.41) is 2.67. The summed E-state index contributed by atoms with van der Waals surface area (Å²) in [4.78, 5) is 12.0. The first kappa shape index (κ1) is 14.7. The van der Waals surface area contributed by atoms with Gasteiger partial charge in [-0.1, -0.05) is 6.92 Å². The number of rotatable bonds is 5. The van der Waals surface area contributed by atoms with E-state index < -0.39 is 0 Å².